The summed E-state index contributed by atoms with van der Waals surface area (Å²) in [6.07, 6.45) is 3.33. The fourth-order valence-corrected chi connectivity index (χ4v) is 2.18. The third-order valence-corrected chi connectivity index (χ3v) is 3.19. The lowest BCUT2D eigenvalue weighted by atomic mass is 10.0. The fourth-order valence-electron chi connectivity index (χ4n) is 2.18. The highest BCUT2D eigenvalue weighted by Crippen LogP contribution is 2.18. The Kier molecular flexibility index (Phi) is 4.76. The van der Waals surface area contributed by atoms with Gasteiger partial charge in [-0.05, 0) is 31.7 Å². The molecular formula is C15H20O3. The van der Waals surface area contributed by atoms with E-state index >= 15 is 0 Å². The molecule has 0 amide bonds. The predicted molar refractivity (Wildman–Crippen MR) is 69.0 cm³/mol. The molecule has 1 saturated heterocycles. The third-order valence-electron chi connectivity index (χ3n) is 3.19. The van der Waals surface area contributed by atoms with Crippen LogP contribution < -0.4 is 0 Å². The first kappa shape index (κ1) is 13.1. The van der Waals surface area contributed by atoms with Crippen molar-refractivity contribution in [2.75, 3.05) is 0 Å². The smallest absolute Gasteiger partial charge is 0.308 e. The first-order chi connectivity index (χ1) is 8.74. The summed E-state index contributed by atoms with van der Waals surface area (Å²) in [6.45, 7) is 2.51. The van der Waals surface area contributed by atoms with Gasteiger partial charge in [-0.1, -0.05) is 30.3 Å². The van der Waals surface area contributed by atoms with E-state index in [1.165, 1.54) is 0 Å². The number of esters is 1. The van der Waals surface area contributed by atoms with Gasteiger partial charge in [0.1, 0.15) is 0 Å². The number of hydrogen-bond acceptors (Lipinski definition) is 3. The van der Waals surface area contributed by atoms with Gasteiger partial charge < -0.3 is 9.47 Å². The minimum Gasteiger partial charge on any atom is -0.463 e. The highest BCUT2D eigenvalue weighted by atomic mass is 16.5. The van der Waals surface area contributed by atoms with Gasteiger partial charge in [0.05, 0.1) is 25.2 Å². The number of carbonyl (C=O) groups excluding carboxylic acids is 1. The zero-order chi connectivity index (χ0) is 12.8. The van der Waals surface area contributed by atoms with Crippen molar-refractivity contribution in [2.45, 2.75) is 51.4 Å². The molecule has 3 nitrogen and oxygen atoms in total. The van der Waals surface area contributed by atoms with Gasteiger partial charge in [0.15, 0.2) is 0 Å². The van der Waals surface area contributed by atoms with Crippen LogP contribution in [0.1, 0.15) is 38.2 Å². The van der Waals surface area contributed by atoms with Crippen molar-refractivity contribution in [3.63, 3.8) is 0 Å². The van der Waals surface area contributed by atoms with E-state index in [1.54, 1.807) is 0 Å². The van der Waals surface area contributed by atoms with Gasteiger partial charge in [-0.3, -0.25) is 4.79 Å². The Morgan fingerprint density at radius 3 is 2.83 bits per heavy atom. The van der Waals surface area contributed by atoms with Gasteiger partial charge in [0.2, 0.25) is 0 Å². The second-order valence-electron chi connectivity index (χ2n) is 4.85. The first-order valence-electron chi connectivity index (χ1n) is 6.59. The topological polar surface area (TPSA) is 35.5 Å². The summed E-state index contributed by atoms with van der Waals surface area (Å²) in [5.41, 5.74) is 1.14. The molecule has 0 N–H and O–H groups in total. The summed E-state index contributed by atoms with van der Waals surface area (Å²) in [5.74, 6) is -0.139. The average Bonchev–Trinajstić information content (AvgIpc) is 2.35. The monoisotopic (exact) mass is 248 g/mol. The molecule has 2 atom stereocenters. The molecule has 98 valence electrons. The standard InChI is InChI=1S/C15H20O3/c1-12-6-5-9-14(10-15(16)18-12)17-11-13-7-3-2-4-8-13/h2-4,7-8,12,14H,5-6,9-11H2,1H3/t12-,14-/m1/s1. The van der Waals surface area contributed by atoms with Crippen LogP contribution in [-0.2, 0) is 20.9 Å². The summed E-state index contributed by atoms with van der Waals surface area (Å²) >= 11 is 0. The minimum absolute atomic E-state index is 0.00907. The summed E-state index contributed by atoms with van der Waals surface area (Å²) in [7, 11) is 0. The maximum Gasteiger partial charge on any atom is 0.308 e. The van der Waals surface area contributed by atoms with Crippen LogP contribution >= 0.6 is 0 Å². The highest BCUT2D eigenvalue weighted by molar-refractivity contribution is 5.70. The van der Waals surface area contributed by atoms with Crippen LogP contribution in [0, 0.1) is 0 Å². The van der Waals surface area contributed by atoms with E-state index in [4.69, 9.17) is 9.47 Å². The van der Waals surface area contributed by atoms with E-state index in [1.807, 2.05) is 37.3 Å². The molecule has 0 saturated carbocycles. The van der Waals surface area contributed by atoms with E-state index in [2.05, 4.69) is 0 Å². The average molecular weight is 248 g/mol. The minimum atomic E-state index is -0.139. The Hall–Kier alpha value is -1.35. The molecule has 1 fully saturated rings. The van der Waals surface area contributed by atoms with Crippen LogP contribution in [0.3, 0.4) is 0 Å². The van der Waals surface area contributed by atoms with Gasteiger partial charge >= 0.3 is 5.97 Å². The molecule has 0 aromatic heterocycles. The lowest BCUT2D eigenvalue weighted by Crippen LogP contribution is -2.25. The van der Waals surface area contributed by atoms with Crippen molar-refractivity contribution in [2.24, 2.45) is 0 Å². The second kappa shape index (κ2) is 6.55. The number of hydrogen-bond donors (Lipinski definition) is 0. The van der Waals surface area contributed by atoms with E-state index in [0.717, 1.165) is 24.8 Å². The van der Waals surface area contributed by atoms with Crippen molar-refractivity contribution < 1.29 is 14.3 Å². The summed E-state index contributed by atoms with van der Waals surface area (Å²) < 4.78 is 11.1. The van der Waals surface area contributed by atoms with Gasteiger partial charge in [-0.25, -0.2) is 0 Å². The zero-order valence-corrected chi connectivity index (χ0v) is 10.8. The molecule has 18 heavy (non-hydrogen) atoms. The molecule has 1 aliphatic heterocycles. The second-order valence-corrected chi connectivity index (χ2v) is 4.85. The van der Waals surface area contributed by atoms with Crippen LogP contribution in [0.25, 0.3) is 0 Å². The van der Waals surface area contributed by atoms with Crippen LogP contribution in [0.5, 0.6) is 0 Å². The molecule has 1 aliphatic rings. The SMILES string of the molecule is C[C@@H]1CCC[C@@H](OCc2ccccc2)CC(=O)O1. The molecule has 1 aromatic rings. The molecule has 0 aliphatic carbocycles. The molecule has 0 bridgehead atoms. The molecule has 0 radical (unpaired) electrons. The largest absolute Gasteiger partial charge is 0.463 e. The van der Waals surface area contributed by atoms with Crippen molar-refractivity contribution in [1.82, 2.24) is 0 Å². The Morgan fingerprint density at radius 1 is 1.28 bits per heavy atom. The van der Waals surface area contributed by atoms with Crippen molar-refractivity contribution >= 4 is 5.97 Å². The van der Waals surface area contributed by atoms with E-state index in [-0.39, 0.29) is 18.2 Å². The van der Waals surface area contributed by atoms with Crippen LogP contribution in [0.4, 0.5) is 0 Å². The van der Waals surface area contributed by atoms with E-state index in [9.17, 15) is 4.79 Å². The third kappa shape index (κ3) is 4.15. The molecule has 0 spiro atoms. The predicted octanol–water partition coefficient (Wildman–Crippen LogP) is 3.08. The van der Waals surface area contributed by atoms with Crippen LogP contribution in [-0.4, -0.2) is 18.2 Å². The normalized spacial score (nSPS) is 25.1. The fraction of sp³-hybridized carbons (Fsp3) is 0.533. The zero-order valence-electron chi connectivity index (χ0n) is 10.8. The van der Waals surface area contributed by atoms with E-state index in [0.29, 0.717) is 13.0 Å². The molecule has 3 heteroatoms. The number of rotatable bonds is 3. The molecule has 1 aromatic carbocycles. The van der Waals surface area contributed by atoms with E-state index < -0.39 is 0 Å². The number of ether oxygens (including phenoxy) is 2. The summed E-state index contributed by atoms with van der Waals surface area (Å²) in [5, 5.41) is 0. The van der Waals surface area contributed by atoms with Crippen molar-refractivity contribution in [3.8, 4) is 0 Å². The van der Waals surface area contributed by atoms with Crippen molar-refractivity contribution in [1.29, 1.82) is 0 Å². The first-order valence-corrected chi connectivity index (χ1v) is 6.59. The van der Waals surface area contributed by atoms with Crippen LogP contribution in [0.15, 0.2) is 30.3 Å². The quantitative estimate of drug-likeness (QED) is 0.771. The van der Waals surface area contributed by atoms with Gasteiger partial charge in [0, 0.05) is 0 Å². The Balaban J connectivity index is 1.83. The Labute approximate surface area is 108 Å². The van der Waals surface area contributed by atoms with Crippen molar-refractivity contribution in [3.05, 3.63) is 35.9 Å². The maximum absolute atomic E-state index is 11.6. The van der Waals surface area contributed by atoms with Gasteiger partial charge in [0.25, 0.3) is 0 Å². The molecule has 1 heterocycles. The molecule has 0 unspecified atom stereocenters. The highest BCUT2D eigenvalue weighted by Gasteiger charge is 2.21. The Bertz CT molecular complexity index is 375. The Morgan fingerprint density at radius 2 is 2.06 bits per heavy atom. The van der Waals surface area contributed by atoms with Gasteiger partial charge in [-0.2, -0.15) is 0 Å². The number of cyclic esters (lactones) is 1. The maximum atomic E-state index is 11.6. The lowest BCUT2D eigenvalue weighted by molar-refractivity contribution is -0.154. The summed E-state index contributed by atoms with van der Waals surface area (Å²) in [6, 6.07) is 10.0. The number of benzene rings is 1. The summed E-state index contributed by atoms with van der Waals surface area (Å²) in [4.78, 5) is 11.6. The molecule has 2 rings (SSSR count). The van der Waals surface area contributed by atoms with Gasteiger partial charge in [-0.15, -0.1) is 0 Å². The number of carbonyl (C=O) groups is 1. The lowest BCUT2D eigenvalue weighted by Gasteiger charge is -2.23. The molecular weight excluding hydrogens is 228 g/mol. The van der Waals surface area contributed by atoms with Crippen LogP contribution in [0.2, 0.25) is 0 Å².